The van der Waals surface area contributed by atoms with Crippen LogP contribution in [0.25, 0.3) is 0 Å². The van der Waals surface area contributed by atoms with E-state index in [4.69, 9.17) is 15.0 Å². The Morgan fingerprint density at radius 1 is 1.78 bits per heavy atom. The van der Waals surface area contributed by atoms with Gasteiger partial charge < -0.3 is 11.2 Å². The Labute approximate surface area is 74.8 Å². The summed E-state index contributed by atoms with van der Waals surface area (Å²) in [5.41, 5.74) is 1.33. The van der Waals surface area contributed by atoms with Gasteiger partial charge in [-0.1, -0.05) is 0 Å². The van der Waals surface area contributed by atoms with Crippen molar-refractivity contribution in [3.05, 3.63) is 0 Å². The maximum absolute atomic E-state index is 9.65. The van der Waals surface area contributed by atoms with Crippen LogP contribution in [-0.2, 0) is 9.19 Å². The maximum atomic E-state index is 9.65. The smallest absolute Gasteiger partial charge is 1.00 e. The average Bonchev–Trinajstić information content (AvgIpc) is 1.59. The zero-order chi connectivity index (χ0) is 6.62. The predicted octanol–water partition coefficient (Wildman–Crippen LogP) is -3.80. The number of phosphoric acid groups is 1. The molecule has 0 radical (unpaired) electrons. The van der Waals surface area contributed by atoms with E-state index in [1.165, 1.54) is 5.48 Å². The van der Waals surface area contributed by atoms with Crippen molar-refractivity contribution in [2.24, 2.45) is 0 Å². The van der Waals surface area contributed by atoms with Gasteiger partial charge in [-0.05, 0) is 0 Å². The Morgan fingerprint density at radius 2 is 2.22 bits per heavy atom. The SMILES string of the molecule is N#CNOP(=O)(O)O.[H-].[Na+]. The van der Waals surface area contributed by atoms with Crippen LogP contribution in [-0.4, -0.2) is 9.79 Å². The van der Waals surface area contributed by atoms with E-state index in [0.717, 1.165) is 6.19 Å². The topological polar surface area (TPSA) is 103 Å². The molecule has 3 N–H and O–H groups in total. The fourth-order valence-corrected chi connectivity index (χ4v) is 0.240. The summed E-state index contributed by atoms with van der Waals surface area (Å²) in [6.45, 7) is 0. The summed E-state index contributed by atoms with van der Waals surface area (Å²) in [6.07, 6.45) is 1.16. The average molecular weight is 162 g/mol. The van der Waals surface area contributed by atoms with Gasteiger partial charge in [0.05, 0.1) is 0 Å². The van der Waals surface area contributed by atoms with Crippen molar-refractivity contribution >= 4 is 7.82 Å². The predicted molar refractivity (Wildman–Crippen MR) is 23.0 cm³/mol. The molecule has 0 spiro atoms. The first-order valence-electron chi connectivity index (χ1n) is 1.44. The van der Waals surface area contributed by atoms with Crippen molar-refractivity contribution in [2.75, 3.05) is 0 Å². The zero-order valence-electron chi connectivity index (χ0n) is 5.61. The third-order valence-corrected chi connectivity index (χ3v) is 0.539. The molecule has 0 fully saturated rings. The molecule has 0 aliphatic carbocycles. The summed E-state index contributed by atoms with van der Waals surface area (Å²) < 4.78 is 13.1. The molecule has 0 saturated carbocycles. The van der Waals surface area contributed by atoms with Crippen LogP contribution in [0.1, 0.15) is 1.43 Å². The molecule has 0 aliphatic heterocycles. The van der Waals surface area contributed by atoms with E-state index in [2.05, 4.69) is 4.62 Å². The maximum Gasteiger partial charge on any atom is 1.00 e. The number of nitrogens with one attached hydrogen (secondary N) is 1. The molecule has 0 aromatic heterocycles. The molecule has 0 unspecified atom stereocenters. The summed E-state index contributed by atoms with van der Waals surface area (Å²) in [5, 5.41) is 7.60. The Bertz CT molecular complexity index is 152. The van der Waals surface area contributed by atoms with Gasteiger partial charge in [0.2, 0.25) is 6.19 Å². The molecule has 0 rings (SSSR count). The normalized spacial score (nSPS) is 9.00. The molecular formula is CH4N2NaO4P. The van der Waals surface area contributed by atoms with Crippen molar-refractivity contribution in [2.45, 2.75) is 0 Å². The van der Waals surface area contributed by atoms with Crippen LogP contribution in [0.2, 0.25) is 0 Å². The van der Waals surface area contributed by atoms with Gasteiger partial charge in [0.1, 0.15) is 0 Å². The molecular weight excluding hydrogens is 158 g/mol. The van der Waals surface area contributed by atoms with Crippen molar-refractivity contribution < 1.29 is 50.0 Å². The second-order valence-corrected chi connectivity index (χ2v) is 1.96. The van der Waals surface area contributed by atoms with Gasteiger partial charge in [-0.3, -0.25) is 0 Å². The quantitative estimate of drug-likeness (QED) is 0.126. The molecule has 0 heterocycles. The van der Waals surface area contributed by atoms with Gasteiger partial charge in [0.25, 0.3) is 0 Å². The van der Waals surface area contributed by atoms with Crippen LogP contribution in [0.4, 0.5) is 0 Å². The van der Waals surface area contributed by atoms with Gasteiger partial charge >= 0.3 is 37.4 Å². The Kier molecular flexibility index (Phi) is 7.01. The van der Waals surface area contributed by atoms with E-state index < -0.39 is 7.82 Å². The number of hydroxylamine groups is 1. The Balaban J connectivity index is -0.000000245. The monoisotopic (exact) mass is 162 g/mol. The Hall–Kier alpha value is 0.400. The first-order chi connectivity index (χ1) is 3.56. The minimum absolute atomic E-state index is 0. The second-order valence-electron chi connectivity index (χ2n) is 0.796. The summed E-state index contributed by atoms with van der Waals surface area (Å²) in [4.78, 5) is 15.6. The molecule has 9 heavy (non-hydrogen) atoms. The second kappa shape index (κ2) is 5.21. The van der Waals surface area contributed by atoms with Crippen LogP contribution in [0.5, 0.6) is 0 Å². The molecule has 8 heteroatoms. The first kappa shape index (κ1) is 12.1. The van der Waals surface area contributed by atoms with Gasteiger partial charge in [-0.25, -0.2) is 4.57 Å². The molecule has 0 aromatic carbocycles. The molecule has 0 amide bonds. The van der Waals surface area contributed by atoms with Crippen LogP contribution >= 0.6 is 7.82 Å². The van der Waals surface area contributed by atoms with Crippen LogP contribution in [0.15, 0.2) is 0 Å². The van der Waals surface area contributed by atoms with Gasteiger partial charge in [-0.2, -0.15) is 15.4 Å². The number of nitrogens with zero attached hydrogens (tertiary/aromatic N) is 1. The van der Waals surface area contributed by atoms with Crippen molar-refractivity contribution in [1.29, 1.82) is 5.26 Å². The van der Waals surface area contributed by atoms with Crippen LogP contribution in [0, 0.1) is 11.5 Å². The van der Waals surface area contributed by atoms with Gasteiger partial charge in [0, 0.05) is 0 Å². The minimum atomic E-state index is -4.52. The molecule has 0 bridgehead atoms. The van der Waals surface area contributed by atoms with Crippen LogP contribution in [0.3, 0.4) is 0 Å². The minimum Gasteiger partial charge on any atom is -1.00 e. The third-order valence-electron chi connectivity index (χ3n) is 0.210. The van der Waals surface area contributed by atoms with Gasteiger partial charge in [0.15, 0.2) is 0 Å². The van der Waals surface area contributed by atoms with Crippen molar-refractivity contribution in [1.82, 2.24) is 5.48 Å². The molecule has 0 saturated heterocycles. The van der Waals surface area contributed by atoms with E-state index in [1.807, 2.05) is 0 Å². The number of rotatable bonds is 2. The molecule has 0 atom stereocenters. The summed E-state index contributed by atoms with van der Waals surface area (Å²) in [5.74, 6) is 0. The largest absolute Gasteiger partial charge is 1.00 e. The number of hydrogen-bond donors (Lipinski definition) is 3. The molecule has 6 nitrogen and oxygen atoms in total. The number of nitriles is 1. The molecule has 48 valence electrons. The fourth-order valence-electron chi connectivity index (χ4n) is 0.0799. The molecule has 0 aromatic rings. The van der Waals surface area contributed by atoms with E-state index in [1.54, 1.807) is 0 Å². The van der Waals surface area contributed by atoms with E-state index in [-0.39, 0.29) is 31.0 Å². The fraction of sp³-hybridized carbons (Fsp3) is 0. The van der Waals surface area contributed by atoms with E-state index in [9.17, 15) is 4.57 Å². The third kappa shape index (κ3) is 11.8. The zero-order valence-corrected chi connectivity index (χ0v) is 7.50. The van der Waals surface area contributed by atoms with E-state index in [0.29, 0.717) is 0 Å². The van der Waals surface area contributed by atoms with Crippen molar-refractivity contribution in [3.63, 3.8) is 0 Å². The Morgan fingerprint density at radius 3 is 2.33 bits per heavy atom. The summed E-state index contributed by atoms with van der Waals surface area (Å²) >= 11 is 0. The van der Waals surface area contributed by atoms with E-state index >= 15 is 0 Å². The number of hydrogen-bond acceptors (Lipinski definition) is 4. The summed E-state index contributed by atoms with van der Waals surface area (Å²) in [6, 6.07) is 0. The van der Waals surface area contributed by atoms with Gasteiger partial charge in [-0.15, -0.1) is 0 Å². The molecule has 0 aliphatic rings. The van der Waals surface area contributed by atoms with Crippen molar-refractivity contribution in [3.8, 4) is 6.19 Å². The standard InChI is InChI=1S/CH3N2O4P.Na.H/c2-1-3-7-8(4,5)6;;/h3H,(H2,4,5,6);;/q;+1;-1. The first-order valence-corrected chi connectivity index (χ1v) is 2.97. The van der Waals surface area contributed by atoms with Crippen LogP contribution < -0.4 is 35.0 Å². The summed E-state index contributed by atoms with van der Waals surface area (Å²) in [7, 11) is -4.52.